The van der Waals surface area contributed by atoms with Gasteiger partial charge >= 0.3 is 0 Å². The summed E-state index contributed by atoms with van der Waals surface area (Å²) in [4.78, 5) is 13.6. The Labute approximate surface area is 244 Å². The molecule has 0 radical (unpaired) electrons. The number of methoxy groups -OCH3 is 1. The lowest BCUT2D eigenvalue weighted by Crippen LogP contribution is -2.37. The molecule has 2 N–H and O–H groups in total. The molecule has 0 aliphatic rings. The lowest BCUT2D eigenvalue weighted by molar-refractivity contribution is -0.105. The van der Waals surface area contributed by atoms with Crippen LogP contribution in [-0.4, -0.2) is 36.1 Å². The van der Waals surface area contributed by atoms with Gasteiger partial charge in [0, 0.05) is 19.1 Å². The predicted molar refractivity (Wildman–Crippen MR) is 166 cm³/mol. The molecule has 0 spiro atoms. The Morgan fingerprint density at radius 2 is 1.49 bits per heavy atom. The fraction of sp³-hybridized carbons (Fsp3) is 0.286. The van der Waals surface area contributed by atoms with Crippen LogP contribution in [0.3, 0.4) is 0 Å². The van der Waals surface area contributed by atoms with E-state index < -0.39 is 6.10 Å². The van der Waals surface area contributed by atoms with Crippen LogP contribution in [-0.2, 0) is 24.4 Å². The van der Waals surface area contributed by atoms with Crippen LogP contribution < -0.4 is 14.8 Å². The van der Waals surface area contributed by atoms with Crippen LogP contribution in [0.1, 0.15) is 49.1 Å². The van der Waals surface area contributed by atoms with Crippen LogP contribution in [0.25, 0.3) is 0 Å². The third-order valence-corrected chi connectivity index (χ3v) is 6.79. The maximum absolute atomic E-state index is 11.3. The van der Waals surface area contributed by atoms with Crippen LogP contribution >= 0.6 is 0 Å². The fourth-order valence-electron chi connectivity index (χ4n) is 4.57. The highest BCUT2D eigenvalue weighted by Crippen LogP contribution is 2.30. The molecule has 0 bridgehead atoms. The number of benzene rings is 4. The second-order valence-corrected chi connectivity index (χ2v) is 9.62. The van der Waals surface area contributed by atoms with E-state index in [2.05, 4.69) is 41.4 Å². The Hall–Kier alpha value is -4.13. The van der Waals surface area contributed by atoms with Gasteiger partial charge in [-0.1, -0.05) is 92.7 Å². The van der Waals surface area contributed by atoms with Gasteiger partial charge in [0.25, 0.3) is 0 Å². The minimum absolute atomic E-state index is 0.161. The summed E-state index contributed by atoms with van der Waals surface area (Å²) in [6, 6.07) is 33.8. The molecule has 0 aliphatic carbocycles. The number of ether oxygens (including phenoxy) is 2. The maximum Gasteiger partial charge on any atom is 0.211 e. The zero-order valence-corrected chi connectivity index (χ0v) is 24.5. The van der Waals surface area contributed by atoms with Gasteiger partial charge < -0.3 is 19.9 Å². The minimum Gasteiger partial charge on any atom is -0.497 e. The topological polar surface area (TPSA) is 71.0 Å². The van der Waals surface area contributed by atoms with Gasteiger partial charge in [-0.3, -0.25) is 9.69 Å². The van der Waals surface area contributed by atoms with Gasteiger partial charge in [0.2, 0.25) is 6.41 Å². The van der Waals surface area contributed by atoms with Crippen LogP contribution in [0.15, 0.2) is 103 Å². The predicted octanol–water partition coefficient (Wildman–Crippen LogP) is 7.04. The van der Waals surface area contributed by atoms with E-state index >= 15 is 0 Å². The standard InChI is InChI=1S/C33H36N2O4.C2H6/c1-25(19-26-13-16-30(38-2)17-14-26)35(21-27-9-5-3-6-10-27)22-32(37)29-15-18-33(31(20-29)34-24-36)39-23-28-11-7-4-8-12-28;1-2/h3-18,20,24-25,32,37H,19,21-23H2,1-2H3,(H,34,36);1-2H3. The van der Waals surface area contributed by atoms with E-state index in [1.54, 1.807) is 19.2 Å². The first-order valence-corrected chi connectivity index (χ1v) is 14.2. The minimum atomic E-state index is -0.762. The monoisotopic (exact) mass is 554 g/mol. The number of nitrogens with one attached hydrogen (secondary N) is 1. The van der Waals surface area contributed by atoms with Gasteiger partial charge in [-0.05, 0) is 59.9 Å². The number of aliphatic hydroxyl groups excluding tert-OH is 1. The van der Waals surface area contributed by atoms with Gasteiger partial charge in [0.05, 0.1) is 18.9 Å². The molecule has 4 aromatic rings. The molecule has 0 heterocycles. The quantitative estimate of drug-likeness (QED) is 0.164. The average molecular weight is 555 g/mol. The van der Waals surface area contributed by atoms with Crippen LogP contribution in [0.4, 0.5) is 5.69 Å². The van der Waals surface area contributed by atoms with E-state index in [4.69, 9.17) is 9.47 Å². The molecule has 0 aromatic heterocycles. The van der Waals surface area contributed by atoms with E-state index in [9.17, 15) is 9.90 Å². The summed E-state index contributed by atoms with van der Waals surface area (Å²) in [5.74, 6) is 1.38. The van der Waals surface area contributed by atoms with Crippen LogP contribution in [0.5, 0.6) is 11.5 Å². The van der Waals surface area contributed by atoms with Crippen molar-refractivity contribution >= 4 is 12.1 Å². The highest BCUT2D eigenvalue weighted by molar-refractivity contribution is 5.76. The van der Waals surface area contributed by atoms with Crippen molar-refractivity contribution in [2.45, 2.75) is 52.5 Å². The van der Waals surface area contributed by atoms with E-state index in [1.165, 1.54) is 11.1 Å². The molecule has 216 valence electrons. The van der Waals surface area contributed by atoms with Crippen molar-refractivity contribution < 1.29 is 19.4 Å². The first kappa shape index (κ1) is 31.4. The number of carbonyl (C=O) groups excluding carboxylic acids is 1. The SMILES string of the molecule is CC.COc1ccc(CC(C)N(Cc2ccccc2)CC(O)c2ccc(OCc3ccccc3)c(NC=O)c2)cc1. The number of hydrogen-bond acceptors (Lipinski definition) is 5. The van der Waals surface area contributed by atoms with Gasteiger partial charge in [-0.25, -0.2) is 0 Å². The zero-order chi connectivity index (χ0) is 29.5. The highest BCUT2D eigenvalue weighted by Gasteiger charge is 2.21. The summed E-state index contributed by atoms with van der Waals surface area (Å²) in [5.41, 5.74) is 4.65. The Morgan fingerprint density at radius 1 is 0.854 bits per heavy atom. The first-order valence-electron chi connectivity index (χ1n) is 14.2. The molecule has 0 fully saturated rings. The molecule has 6 heteroatoms. The summed E-state index contributed by atoms with van der Waals surface area (Å²) in [7, 11) is 1.67. The highest BCUT2D eigenvalue weighted by atomic mass is 16.5. The molecule has 0 saturated heterocycles. The second kappa shape index (κ2) is 16.9. The number of amides is 1. The van der Waals surface area contributed by atoms with Crippen molar-refractivity contribution in [2.75, 3.05) is 19.0 Å². The Kier molecular flexibility index (Phi) is 12.9. The molecule has 2 unspecified atom stereocenters. The summed E-state index contributed by atoms with van der Waals surface area (Å²) in [5, 5.41) is 14.1. The normalized spacial score (nSPS) is 12.0. The summed E-state index contributed by atoms with van der Waals surface area (Å²) in [6.45, 7) is 7.69. The lowest BCUT2D eigenvalue weighted by atomic mass is 10.0. The van der Waals surface area contributed by atoms with Crippen molar-refractivity contribution in [1.82, 2.24) is 4.90 Å². The van der Waals surface area contributed by atoms with Crippen molar-refractivity contribution in [3.63, 3.8) is 0 Å². The van der Waals surface area contributed by atoms with Crippen molar-refractivity contribution in [1.29, 1.82) is 0 Å². The number of carbonyl (C=O) groups is 1. The number of rotatable bonds is 14. The van der Waals surface area contributed by atoms with Crippen LogP contribution in [0, 0.1) is 0 Å². The zero-order valence-electron chi connectivity index (χ0n) is 24.5. The third-order valence-electron chi connectivity index (χ3n) is 6.79. The van der Waals surface area contributed by atoms with E-state index in [0.717, 1.165) is 17.7 Å². The number of hydrogen-bond donors (Lipinski definition) is 2. The lowest BCUT2D eigenvalue weighted by Gasteiger charge is -2.31. The summed E-state index contributed by atoms with van der Waals surface area (Å²) in [6.07, 6.45) is 0.690. The largest absolute Gasteiger partial charge is 0.497 e. The smallest absolute Gasteiger partial charge is 0.211 e. The molecular formula is C35H42N2O4. The molecule has 2 atom stereocenters. The average Bonchev–Trinajstić information content (AvgIpc) is 3.02. The van der Waals surface area contributed by atoms with Gasteiger partial charge in [0.15, 0.2) is 0 Å². The summed E-state index contributed by atoms with van der Waals surface area (Å²) < 4.78 is 11.3. The van der Waals surface area contributed by atoms with E-state index in [-0.39, 0.29) is 6.04 Å². The summed E-state index contributed by atoms with van der Waals surface area (Å²) >= 11 is 0. The Morgan fingerprint density at radius 3 is 2.10 bits per heavy atom. The molecule has 4 rings (SSSR count). The molecule has 0 aliphatic heterocycles. The van der Waals surface area contributed by atoms with E-state index in [0.29, 0.717) is 43.1 Å². The number of nitrogens with zero attached hydrogens (tertiary/aromatic N) is 1. The molecule has 6 nitrogen and oxygen atoms in total. The van der Waals surface area contributed by atoms with Crippen molar-refractivity contribution in [2.24, 2.45) is 0 Å². The fourth-order valence-corrected chi connectivity index (χ4v) is 4.57. The van der Waals surface area contributed by atoms with Gasteiger partial charge in [0.1, 0.15) is 18.1 Å². The van der Waals surface area contributed by atoms with Crippen molar-refractivity contribution in [3.8, 4) is 11.5 Å². The molecule has 4 aromatic carbocycles. The number of anilines is 1. The number of aliphatic hydroxyl groups is 1. The molecule has 41 heavy (non-hydrogen) atoms. The van der Waals surface area contributed by atoms with Gasteiger partial charge in [-0.15, -0.1) is 0 Å². The molecule has 1 amide bonds. The Balaban J connectivity index is 0.00000226. The first-order chi connectivity index (χ1) is 20.1. The molecular weight excluding hydrogens is 512 g/mol. The molecule has 0 saturated carbocycles. The van der Waals surface area contributed by atoms with Crippen LogP contribution in [0.2, 0.25) is 0 Å². The third kappa shape index (κ3) is 9.78. The van der Waals surface area contributed by atoms with Crippen molar-refractivity contribution in [3.05, 3.63) is 125 Å². The van der Waals surface area contributed by atoms with E-state index in [1.807, 2.05) is 80.6 Å². The van der Waals surface area contributed by atoms with Gasteiger partial charge in [-0.2, -0.15) is 0 Å². The maximum atomic E-state index is 11.3. The second-order valence-electron chi connectivity index (χ2n) is 9.62. The Bertz CT molecular complexity index is 1300.